The van der Waals surface area contributed by atoms with E-state index in [9.17, 15) is 14.4 Å². The molecule has 0 radical (unpaired) electrons. The number of carboxylic acids is 1. The standard InChI is InChI=1S/C17H24N2O5/c1-24-14-11-9-13(10-12-14)17(23)19-18-15(20)7-5-3-2-4-6-8-16(21)22/h9-12H,2-8H2,1H3,(H,18,20)(H,19,23)(H,21,22). The van der Waals surface area contributed by atoms with Crippen LogP contribution in [0, 0.1) is 0 Å². The first-order valence-corrected chi connectivity index (χ1v) is 7.98. The van der Waals surface area contributed by atoms with Crippen LogP contribution < -0.4 is 15.6 Å². The molecular formula is C17H24N2O5. The van der Waals surface area contributed by atoms with Gasteiger partial charge in [0.1, 0.15) is 5.75 Å². The molecule has 0 aliphatic rings. The van der Waals surface area contributed by atoms with Gasteiger partial charge in [-0.25, -0.2) is 0 Å². The van der Waals surface area contributed by atoms with E-state index in [2.05, 4.69) is 10.9 Å². The molecule has 0 heterocycles. The Morgan fingerprint density at radius 1 is 0.917 bits per heavy atom. The van der Waals surface area contributed by atoms with Crippen molar-refractivity contribution in [1.29, 1.82) is 0 Å². The molecule has 0 saturated heterocycles. The fraction of sp³-hybridized carbons (Fsp3) is 0.471. The zero-order valence-electron chi connectivity index (χ0n) is 13.8. The highest BCUT2D eigenvalue weighted by molar-refractivity contribution is 5.95. The molecule has 2 amide bonds. The summed E-state index contributed by atoms with van der Waals surface area (Å²) in [6.45, 7) is 0. The molecule has 0 saturated carbocycles. The minimum Gasteiger partial charge on any atom is -0.497 e. The Bertz CT molecular complexity index is 542. The molecule has 1 rings (SSSR count). The predicted octanol–water partition coefficient (Wildman–Crippen LogP) is 2.27. The second kappa shape index (κ2) is 11.0. The summed E-state index contributed by atoms with van der Waals surface area (Å²) in [5.41, 5.74) is 5.17. The van der Waals surface area contributed by atoms with Crippen molar-refractivity contribution in [2.75, 3.05) is 7.11 Å². The van der Waals surface area contributed by atoms with E-state index in [1.807, 2.05) is 0 Å². The highest BCUT2D eigenvalue weighted by Crippen LogP contribution is 2.11. The highest BCUT2D eigenvalue weighted by atomic mass is 16.5. The van der Waals surface area contributed by atoms with Gasteiger partial charge in [-0.05, 0) is 37.1 Å². The Morgan fingerprint density at radius 3 is 2.08 bits per heavy atom. The summed E-state index contributed by atoms with van der Waals surface area (Å²) in [4.78, 5) is 33.8. The molecule has 7 nitrogen and oxygen atoms in total. The number of rotatable bonds is 10. The molecular weight excluding hydrogens is 312 g/mol. The van der Waals surface area contributed by atoms with Crippen LogP contribution in [-0.2, 0) is 9.59 Å². The summed E-state index contributed by atoms with van der Waals surface area (Å²) in [5.74, 6) is -0.761. The van der Waals surface area contributed by atoms with E-state index in [0.29, 0.717) is 30.6 Å². The quantitative estimate of drug-likeness (QED) is 0.449. The molecule has 0 aliphatic carbocycles. The van der Waals surface area contributed by atoms with Crippen molar-refractivity contribution in [2.24, 2.45) is 0 Å². The number of methoxy groups -OCH3 is 1. The second-order valence-corrected chi connectivity index (χ2v) is 5.39. The van der Waals surface area contributed by atoms with Gasteiger partial charge in [-0.15, -0.1) is 0 Å². The van der Waals surface area contributed by atoms with Crippen molar-refractivity contribution in [1.82, 2.24) is 10.9 Å². The Balaban J connectivity index is 2.12. The Hall–Kier alpha value is -2.57. The molecule has 0 fully saturated rings. The van der Waals surface area contributed by atoms with Gasteiger partial charge < -0.3 is 9.84 Å². The third-order valence-corrected chi connectivity index (χ3v) is 3.46. The summed E-state index contributed by atoms with van der Waals surface area (Å²) in [5, 5.41) is 8.51. The van der Waals surface area contributed by atoms with Crippen LogP contribution in [0.1, 0.15) is 55.3 Å². The van der Waals surface area contributed by atoms with Crippen LogP contribution in [0.4, 0.5) is 0 Å². The molecule has 0 bridgehead atoms. The first kappa shape index (κ1) is 19.5. The fourth-order valence-corrected chi connectivity index (χ4v) is 2.10. The third-order valence-electron chi connectivity index (χ3n) is 3.46. The number of nitrogens with one attached hydrogen (secondary N) is 2. The highest BCUT2D eigenvalue weighted by Gasteiger charge is 2.07. The molecule has 0 atom stereocenters. The van der Waals surface area contributed by atoms with Gasteiger partial charge in [-0.2, -0.15) is 0 Å². The van der Waals surface area contributed by atoms with Gasteiger partial charge in [0, 0.05) is 18.4 Å². The molecule has 0 aliphatic heterocycles. The molecule has 3 N–H and O–H groups in total. The number of ether oxygens (including phenoxy) is 1. The minimum atomic E-state index is -0.776. The number of carboxylic acid groups (broad SMARTS) is 1. The largest absolute Gasteiger partial charge is 0.497 e. The van der Waals surface area contributed by atoms with Crippen molar-refractivity contribution in [3.05, 3.63) is 29.8 Å². The van der Waals surface area contributed by atoms with Crippen LogP contribution in [0.3, 0.4) is 0 Å². The summed E-state index contributed by atoms with van der Waals surface area (Å²) >= 11 is 0. The second-order valence-electron chi connectivity index (χ2n) is 5.39. The van der Waals surface area contributed by atoms with Gasteiger partial charge in [0.05, 0.1) is 7.11 Å². The minimum absolute atomic E-state index is 0.192. The maximum absolute atomic E-state index is 11.8. The van der Waals surface area contributed by atoms with Crippen molar-refractivity contribution >= 4 is 17.8 Å². The monoisotopic (exact) mass is 336 g/mol. The number of benzene rings is 1. The smallest absolute Gasteiger partial charge is 0.303 e. The number of unbranched alkanes of at least 4 members (excludes halogenated alkanes) is 4. The van der Waals surface area contributed by atoms with E-state index in [4.69, 9.17) is 9.84 Å². The van der Waals surface area contributed by atoms with Crippen molar-refractivity contribution in [2.45, 2.75) is 44.9 Å². The van der Waals surface area contributed by atoms with E-state index in [1.165, 1.54) is 0 Å². The molecule has 1 aromatic carbocycles. The molecule has 0 spiro atoms. The van der Waals surface area contributed by atoms with Gasteiger partial charge in [-0.3, -0.25) is 25.2 Å². The normalized spacial score (nSPS) is 10.0. The Labute approximate surface area is 141 Å². The first-order valence-electron chi connectivity index (χ1n) is 7.98. The number of carbonyl (C=O) groups excluding carboxylic acids is 2. The number of amides is 2. The zero-order valence-corrected chi connectivity index (χ0v) is 13.8. The summed E-state index contributed by atoms with van der Waals surface area (Å²) < 4.78 is 5.01. The van der Waals surface area contributed by atoms with Gasteiger partial charge >= 0.3 is 5.97 Å². The SMILES string of the molecule is COc1ccc(C(=O)NNC(=O)CCCCCCCC(=O)O)cc1. The predicted molar refractivity (Wildman–Crippen MR) is 88.6 cm³/mol. The van der Waals surface area contributed by atoms with Crippen LogP contribution in [-0.4, -0.2) is 30.0 Å². The van der Waals surface area contributed by atoms with Gasteiger partial charge in [0.2, 0.25) is 5.91 Å². The summed E-state index contributed by atoms with van der Waals surface area (Å²) in [6, 6.07) is 6.55. The Morgan fingerprint density at radius 2 is 1.50 bits per heavy atom. The van der Waals surface area contributed by atoms with E-state index in [-0.39, 0.29) is 18.2 Å². The van der Waals surface area contributed by atoms with E-state index >= 15 is 0 Å². The number of hydrazine groups is 1. The molecule has 132 valence electrons. The number of hydrogen-bond donors (Lipinski definition) is 3. The van der Waals surface area contributed by atoms with Gasteiger partial charge in [0.15, 0.2) is 0 Å². The lowest BCUT2D eigenvalue weighted by Crippen LogP contribution is -2.41. The lowest BCUT2D eigenvalue weighted by molar-refractivity contribution is -0.137. The number of hydrogen-bond acceptors (Lipinski definition) is 4. The van der Waals surface area contributed by atoms with E-state index < -0.39 is 5.97 Å². The third kappa shape index (κ3) is 8.17. The fourth-order valence-electron chi connectivity index (χ4n) is 2.10. The average Bonchev–Trinajstić information content (AvgIpc) is 2.58. The molecule has 1 aromatic rings. The van der Waals surface area contributed by atoms with Crippen LogP contribution in [0.25, 0.3) is 0 Å². The van der Waals surface area contributed by atoms with E-state index in [1.54, 1.807) is 31.4 Å². The van der Waals surface area contributed by atoms with Crippen LogP contribution in [0.2, 0.25) is 0 Å². The molecule has 0 aromatic heterocycles. The molecule has 24 heavy (non-hydrogen) atoms. The maximum atomic E-state index is 11.8. The summed E-state index contributed by atoms with van der Waals surface area (Å²) in [7, 11) is 1.54. The van der Waals surface area contributed by atoms with Crippen LogP contribution in [0.5, 0.6) is 5.75 Å². The van der Waals surface area contributed by atoms with Crippen LogP contribution >= 0.6 is 0 Å². The maximum Gasteiger partial charge on any atom is 0.303 e. The topological polar surface area (TPSA) is 105 Å². The van der Waals surface area contributed by atoms with Gasteiger partial charge in [-0.1, -0.05) is 19.3 Å². The molecule has 7 heteroatoms. The lowest BCUT2D eigenvalue weighted by Gasteiger charge is -2.08. The lowest BCUT2D eigenvalue weighted by atomic mass is 10.1. The van der Waals surface area contributed by atoms with E-state index in [0.717, 1.165) is 19.3 Å². The average molecular weight is 336 g/mol. The van der Waals surface area contributed by atoms with Crippen LogP contribution in [0.15, 0.2) is 24.3 Å². The van der Waals surface area contributed by atoms with Crippen molar-refractivity contribution in [3.8, 4) is 5.75 Å². The first-order chi connectivity index (χ1) is 11.5. The number of carbonyl (C=O) groups is 3. The van der Waals surface area contributed by atoms with Crippen molar-refractivity contribution in [3.63, 3.8) is 0 Å². The Kier molecular flexibility index (Phi) is 8.96. The number of aliphatic carboxylic acids is 1. The molecule has 0 unspecified atom stereocenters. The zero-order chi connectivity index (χ0) is 17.8. The summed E-state index contributed by atoms with van der Waals surface area (Å²) in [6.07, 6.45) is 4.50. The van der Waals surface area contributed by atoms with Gasteiger partial charge in [0.25, 0.3) is 5.91 Å². The van der Waals surface area contributed by atoms with Crippen molar-refractivity contribution < 1.29 is 24.2 Å².